The Hall–Kier alpha value is 1.45. The summed E-state index contributed by atoms with van der Waals surface area (Å²) in [6, 6.07) is 0.0959. The van der Waals surface area contributed by atoms with Crippen LogP contribution in [0.2, 0.25) is 0 Å². The van der Waals surface area contributed by atoms with Crippen LogP contribution in [0.5, 0.6) is 0 Å². The molecular weight excluding hydrogens is 389 g/mol. The van der Waals surface area contributed by atoms with Gasteiger partial charge in [0.2, 0.25) is 0 Å². The Kier molecular flexibility index (Phi) is 17.4. The van der Waals surface area contributed by atoms with Crippen molar-refractivity contribution in [3.05, 3.63) is 0 Å². The van der Waals surface area contributed by atoms with Gasteiger partial charge in [0.05, 0.1) is 23.2 Å². The van der Waals surface area contributed by atoms with Gasteiger partial charge in [-0.3, -0.25) is 0 Å². The van der Waals surface area contributed by atoms with Crippen molar-refractivity contribution in [3.63, 3.8) is 0 Å². The zero-order valence-electron chi connectivity index (χ0n) is 11.7. The number of rotatable bonds is 15. The molecule has 0 rings (SSSR count). The van der Waals surface area contributed by atoms with Crippen molar-refractivity contribution in [2.45, 2.75) is 24.9 Å². The van der Waals surface area contributed by atoms with Gasteiger partial charge in [0.15, 0.2) is 11.1 Å². The predicted octanol–water partition coefficient (Wildman–Crippen LogP) is 1.62. The Bertz CT molecular complexity index is 288. The first kappa shape index (κ1) is 22.4. The van der Waals surface area contributed by atoms with E-state index in [0.29, 0.717) is 23.8 Å². The number of hydrogen-bond donors (Lipinski definition) is 3. The van der Waals surface area contributed by atoms with Crippen molar-refractivity contribution in [1.82, 2.24) is 0 Å². The lowest BCUT2D eigenvalue weighted by molar-refractivity contribution is 0.557. The minimum absolute atomic E-state index is 0.0162. The topological polar surface area (TPSA) is 106 Å². The molecule has 0 aliphatic rings. The molecule has 0 saturated carbocycles. The monoisotopic (exact) mass is 411 g/mol. The highest BCUT2D eigenvalue weighted by molar-refractivity contribution is 8.78. The van der Waals surface area contributed by atoms with Crippen molar-refractivity contribution in [1.29, 1.82) is 0 Å². The highest BCUT2D eigenvalue weighted by atomic mass is 33.1. The molecule has 5 N–H and O–H groups in total. The van der Waals surface area contributed by atoms with E-state index in [4.69, 9.17) is 16.0 Å². The lowest BCUT2D eigenvalue weighted by atomic mass is 10.3. The van der Waals surface area contributed by atoms with E-state index in [-0.39, 0.29) is 17.8 Å². The van der Waals surface area contributed by atoms with Gasteiger partial charge in [-0.25, -0.2) is 8.42 Å². The molecule has 3 atom stereocenters. The summed E-state index contributed by atoms with van der Waals surface area (Å²) >= 11 is -1.14. The van der Waals surface area contributed by atoms with E-state index in [1.54, 1.807) is 43.2 Å². The zero-order valence-corrected chi connectivity index (χ0v) is 16.6. The lowest BCUT2D eigenvalue weighted by Crippen LogP contribution is -2.24. The summed E-state index contributed by atoms with van der Waals surface area (Å²) in [5.74, 6) is 4.60. The molecule has 127 valence electrons. The third-order valence-electron chi connectivity index (χ3n) is 2.22. The normalized spacial score (nSPS) is 15.6. The molecule has 5 nitrogen and oxygen atoms in total. The summed E-state index contributed by atoms with van der Waals surface area (Å²) in [5, 5.41) is 0. The lowest BCUT2D eigenvalue weighted by Gasteiger charge is -2.09. The first-order valence-corrected chi connectivity index (χ1v) is 13.5. The second-order valence-electron chi connectivity index (χ2n) is 4.16. The highest BCUT2D eigenvalue weighted by Gasteiger charge is 2.05. The Labute approximate surface area is 149 Å². The van der Waals surface area contributed by atoms with Gasteiger partial charge in [0.25, 0.3) is 0 Å². The van der Waals surface area contributed by atoms with E-state index >= 15 is 0 Å². The molecule has 0 aliphatic heterocycles. The first-order chi connectivity index (χ1) is 10.1. The molecule has 0 aromatic carbocycles. The molecule has 0 bridgehead atoms. The summed E-state index contributed by atoms with van der Waals surface area (Å²) < 4.78 is 29.4. The zero-order chi connectivity index (χ0) is 15.9. The fourth-order valence-electron chi connectivity index (χ4n) is 1.08. The van der Waals surface area contributed by atoms with Crippen LogP contribution in [-0.2, 0) is 22.7 Å². The minimum Gasteiger partial charge on any atom is -0.327 e. The molecule has 21 heavy (non-hydrogen) atoms. The van der Waals surface area contributed by atoms with Gasteiger partial charge in [-0.15, -0.1) is 0 Å². The summed E-state index contributed by atoms with van der Waals surface area (Å²) in [5.41, 5.74) is 11.7. The van der Waals surface area contributed by atoms with E-state index in [1.807, 2.05) is 0 Å². The SMILES string of the molecule is N[C@H](CC[S]=O)CSSCCSSC[C@H](N)CCS(=O)O. The average Bonchev–Trinajstić information content (AvgIpc) is 2.45. The van der Waals surface area contributed by atoms with Crippen LogP contribution in [-0.4, -0.2) is 59.6 Å². The average molecular weight is 412 g/mol. The van der Waals surface area contributed by atoms with Crippen molar-refractivity contribution in [2.75, 3.05) is 34.5 Å². The quantitative estimate of drug-likeness (QED) is 0.210. The molecule has 0 aromatic rings. The molecule has 11 heteroatoms. The molecule has 1 unspecified atom stereocenters. The molecule has 0 spiro atoms. The highest BCUT2D eigenvalue weighted by Crippen LogP contribution is 2.27. The molecule has 1 radical (unpaired) electrons. The van der Waals surface area contributed by atoms with Crippen LogP contribution >= 0.6 is 43.2 Å². The van der Waals surface area contributed by atoms with Gasteiger partial charge in [-0.05, 0) is 12.8 Å². The first-order valence-electron chi connectivity index (χ1n) is 6.38. The van der Waals surface area contributed by atoms with Crippen LogP contribution in [0.25, 0.3) is 0 Å². The summed E-state index contributed by atoms with van der Waals surface area (Å²) in [6.07, 6.45) is 1.36. The van der Waals surface area contributed by atoms with Gasteiger partial charge in [-0.2, -0.15) is 0 Å². The van der Waals surface area contributed by atoms with E-state index < -0.39 is 11.1 Å². The molecule has 0 amide bonds. The van der Waals surface area contributed by atoms with Crippen molar-refractivity contribution in [3.8, 4) is 0 Å². The van der Waals surface area contributed by atoms with Crippen LogP contribution < -0.4 is 11.5 Å². The van der Waals surface area contributed by atoms with Crippen molar-refractivity contribution < 1.29 is 13.0 Å². The molecule has 0 saturated heterocycles. The van der Waals surface area contributed by atoms with Gasteiger partial charge in [0.1, 0.15) is 0 Å². The van der Waals surface area contributed by atoms with E-state index in [0.717, 1.165) is 29.4 Å². The van der Waals surface area contributed by atoms with Crippen LogP contribution in [0, 0.1) is 0 Å². The largest absolute Gasteiger partial charge is 0.327 e. The predicted molar refractivity (Wildman–Crippen MR) is 104 cm³/mol. The molecule has 0 aromatic heterocycles. The van der Waals surface area contributed by atoms with E-state index in [2.05, 4.69) is 0 Å². The molecule has 0 fully saturated rings. The van der Waals surface area contributed by atoms with E-state index in [9.17, 15) is 8.42 Å². The molecular formula is C10H23N2O3S6. The van der Waals surface area contributed by atoms with Gasteiger partial charge in [-0.1, -0.05) is 43.2 Å². The van der Waals surface area contributed by atoms with Crippen LogP contribution in [0.1, 0.15) is 12.8 Å². The van der Waals surface area contributed by atoms with Crippen molar-refractivity contribution in [2.24, 2.45) is 11.5 Å². The molecule has 0 heterocycles. The smallest absolute Gasteiger partial charge is 0.152 e. The number of nitrogens with two attached hydrogens (primary N) is 2. The van der Waals surface area contributed by atoms with Crippen molar-refractivity contribution >= 4 is 65.9 Å². The Morgan fingerprint density at radius 1 is 0.905 bits per heavy atom. The Balaban J connectivity index is 3.25. The fraction of sp³-hybridized carbons (Fsp3) is 1.00. The molecule has 0 aliphatic carbocycles. The second kappa shape index (κ2) is 16.3. The third-order valence-corrected chi connectivity index (χ3v) is 8.48. The van der Waals surface area contributed by atoms with E-state index in [1.165, 1.54) is 0 Å². The maximum absolute atomic E-state index is 10.5. The standard InChI is InChI=1S/C10H23N2O3S6/c11-9(1-3-16-13)7-19-17-4-5-18-20-8-10(12)2-6-21(14)15/h9-10H,1-8,11-12H2,(H,14,15)/t9-,10-/m1/s1. The minimum atomic E-state index is -1.74. The van der Waals surface area contributed by atoms with Crippen LogP contribution in [0.4, 0.5) is 0 Å². The van der Waals surface area contributed by atoms with Crippen LogP contribution in [0.15, 0.2) is 0 Å². The fourth-order valence-corrected chi connectivity index (χ4v) is 7.19. The third kappa shape index (κ3) is 17.6. The number of hydrogen-bond acceptors (Lipinski definition) is 8. The maximum Gasteiger partial charge on any atom is 0.152 e. The van der Waals surface area contributed by atoms with Gasteiger partial charge in [0, 0.05) is 35.1 Å². The Morgan fingerprint density at radius 2 is 1.43 bits per heavy atom. The van der Waals surface area contributed by atoms with Gasteiger partial charge < -0.3 is 16.0 Å². The van der Waals surface area contributed by atoms with Crippen LogP contribution in [0.3, 0.4) is 0 Å². The summed E-state index contributed by atoms with van der Waals surface area (Å²) in [4.78, 5) is 0. The van der Waals surface area contributed by atoms with Gasteiger partial charge >= 0.3 is 0 Å². The maximum atomic E-state index is 10.5. The summed E-state index contributed by atoms with van der Waals surface area (Å²) in [6.45, 7) is 0. The Morgan fingerprint density at radius 3 is 1.90 bits per heavy atom. The second-order valence-corrected chi connectivity index (χ2v) is 11.1. The summed E-state index contributed by atoms with van der Waals surface area (Å²) in [7, 11) is 7.05.